The first kappa shape index (κ1) is 16.7. The fourth-order valence-corrected chi connectivity index (χ4v) is 4.23. The molecule has 0 atom stereocenters. The van der Waals surface area contributed by atoms with E-state index in [1.807, 2.05) is 42.5 Å². The molecule has 3 heterocycles. The molecule has 3 aromatic heterocycles. The van der Waals surface area contributed by atoms with E-state index in [4.69, 9.17) is 0 Å². The molecule has 4 rings (SSSR count). The highest BCUT2D eigenvalue weighted by molar-refractivity contribution is 8.00. The Morgan fingerprint density at radius 1 is 1.12 bits per heavy atom. The Balaban J connectivity index is 1.57. The maximum Gasteiger partial charge on any atom is 0.275 e. The van der Waals surface area contributed by atoms with Crippen LogP contribution in [0.4, 0.5) is 0 Å². The van der Waals surface area contributed by atoms with Crippen LogP contribution in [0.2, 0.25) is 0 Å². The second-order valence-electron chi connectivity index (χ2n) is 5.48. The van der Waals surface area contributed by atoms with Gasteiger partial charge in [0.05, 0.1) is 5.69 Å². The van der Waals surface area contributed by atoms with Gasteiger partial charge >= 0.3 is 0 Å². The van der Waals surface area contributed by atoms with Gasteiger partial charge in [-0.25, -0.2) is 4.98 Å². The summed E-state index contributed by atoms with van der Waals surface area (Å²) in [7, 11) is 0. The van der Waals surface area contributed by atoms with Gasteiger partial charge in [0.2, 0.25) is 4.96 Å². The van der Waals surface area contributed by atoms with Crippen LogP contribution in [0.1, 0.15) is 16.8 Å². The lowest BCUT2D eigenvalue weighted by atomic mass is 10.2. The molecule has 4 aromatic rings. The van der Waals surface area contributed by atoms with Crippen molar-refractivity contribution in [1.29, 1.82) is 0 Å². The SMILES string of the molecule is O=c1cc(/C=C/c2cccnc2)nc2sc(SCc3ccccc3)nn12. The van der Waals surface area contributed by atoms with Gasteiger partial charge in [0.25, 0.3) is 5.56 Å². The molecule has 0 N–H and O–H groups in total. The standard InChI is InChI=1S/C19H14N4OS2/c24-17-11-16(9-8-14-7-4-10-20-12-14)21-18-23(17)22-19(26-18)25-13-15-5-2-1-3-6-15/h1-12H,13H2/b9-8+. The molecule has 7 heteroatoms. The summed E-state index contributed by atoms with van der Waals surface area (Å²) in [5, 5.41) is 4.38. The van der Waals surface area contributed by atoms with Crippen molar-refractivity contribution in [3.8, 4) is 0 Å². The highest BCUT2D eigenvalue weighted by Gasteiger charge is 2.09. The van der Waals surface area contributed by atoms with Crippen molar-refractivity contribution in [3.63, 3.8) is 0 Å². The van der Waals surface area contributed by atoms with E-state index < -0.39 is 0 Å². The summed E-state index contributed by atoms with van der Waals surface area (Å²) >= 11 is 3.03. The predicted octanol–water partition coefficient (Wildman–Crippen LogP) is 4.01. The minimum Gasteiger partial charge on any atom is -0.267 e. The summed E-state index contributed by atoms with van der Waals surface area (Å²) < 4.78 is 2.19. The summed E-state index contributed by atoms with van der Waals surface area (Å²) in [6, 6.07) is 15.5. The van der Waals surface area contributed by atoms with Gasteiger partial charge in [-0.2, -0.15) is 4.52 Å². The molecule has 0 aliphatic heterocycles. The fraction of sp³-hybridized carbons (Fsp3) is 0.0526. The molecule has 0 amide bonds. The molecular formula is C19H14N4OS2. The van der Waals surface area contributed by atoms with Gasteiger partial charge in [0.15, 0.2) is 4.34 Å². The number of hydrogen-bond donors (Lipinski definition) is 0. The van der Waals surface area contributed by atoms with Gasteiger partial charge in [0, 0.05) is 24.2 Å². The average Bonchev–Trinajstić information content (AvgIpc) is 3.10. The normalized spacial score (nSPS) is 11.4. The molecule has 0 aliphatic rings. The summed E-state index contributed by atoms with van der Waals surface area (Å²) in [4.78, 5) is 21.5. The van der Waals surface area contributed by atoms with Gasteiger partial charge in [-0.05, 0) is 23.3 Å². The lowest BCUT2D eigenvalue weighted by molar-refractivity contribution is 0.855. The molecule has 0 unspecified atom stereocenters. The zero-order chi connectivity index (χ0) is 17.8. The zero-order valence-electron chi connectivity index (χ0n) is 13.6. The largest absolute Gasteiger partial charge is 0.275 e. The first-order valence-electron chi connectivity index (χ1n) is 7.94. The highest BCUT2D eigenvalue weighted by Crippen LogP contribution is 2.26. The Hall–Kier alpha value is -2.77. The Bertz CT molecular complexity index is 1100. The van der Waals surface area contributed by atoms with Crippen LogP contribution in [-0.4, -0.2) is 19.6 Å². The molecule has 0 fully saturated rings. The molecule has 0 spiro atoms. The minimum absolute atomic E-state index is 0.177. The van der Waals surface area contributed by atoms with Crippen molar-refractivity contribution in [2.45, 2.75) is 10.1 Å². The lowest BCUT2D eigenvalue weighted by Crippen LogP contribution is -2.14. The monoisotopic (exact) mass is 378 g/mol. The van der Waals surface area contributed by atoms with Crippen molar-refractivity contribution in [2.24, 2.45) is 0 Å². The Morgan fingerprint density at radius 2 is 2.00 bits per heavy atom. The van der Waals surface area contributed by atoms with E-state index in [1.54, 1.807) is 24.2 Å². The van der Waals surface area contributed by atoms with Crippen LogP contribution < -0.4 is 5.56 Å². The number of hydrogen-bond acceptors (Lipinski definition) is 6. The first-order chi connectivity index (χ1) is 12.8. The second kappa shape index (κ2) is 7.63. The van der Waals surface area contributed by atoms with Crippen LogP contribution >= 0.6 is 23.1 Å². The van der Waals surface area contributed by atoms with Crippen molar-refractivity contribution >= 4 is 40.2 Å². The molecular weight excluding hydrogens is 364 g/mol. The number of pyridine rings is 1. The maximum absolute atomic E-state index is 12.3. The number of aromatic nitrogens is 4. The van der Waals surface area contributed by atoms with Gasteiger partial charge in [-0.15, -0.1) is 5.10 Å². The Morgan fingerprint density at radius 3 is 2.81 bits per heavy atom. The van der Waals surface area contributed by atoms with Crippen LogP contribution in [0.15, 0.2) is 70.1 Å². The second-order valence-corrected chi connectivity index (χ2v) is 7.65. The molecule has 1 aromatic carbocycles. The molecule has 128 valence electrons. The van der Waals surface area contributed by atoms with E-state index in [0.717, 1.165) is 15.7 Å². The van der Waals surface area contributed by atoms with Crippen molar-refractivity contribution < 1.29 is 0 Å². The highest BCUT2D eigenvalue weighted by atomic mass is 32.2. The average molecular weight is 378 g/mol. The van der Waals surface area contributed by atoms with Crippen LogP contribution in [0.3, 0.4) is 0 Å². The van der Waals surface area contributed by atoms with E-state index in [1.165, 1.54) is 27.5 Å². The van der Waals surface area contributed by atoms with Crippen LogP contribution in [-0.2, 0) is 5.75 Å². The molecule has 5 nitrogen and oxygen atoms in total. The number of rotatable bonds is 5. The number of fused-ring (bicyclic) bond motifs is 1. The third kappa shape index (κ3) is 3.89. The maximum atomic E-state index is 12.3. The minimum atomic E-state index is -0.177. The third-order valence-electron chi connectivity index (χ3n) is 3.58. The summed E-state index contributed by atoms with van der Waals surface area (Å²) in [6.45, 7) is 0. The Labute approximate surface area is 158 Å². The molecule has 0 bridgehead atoms. The predicted molar refractivity (Wildman–Crippen MR) is 106 cm³/mol. The first-order valence-corrected chi connectivity index (χ1v) is 9.74. The van der Waals surface area contributed by atoms with Gasteiger partial charge in [0.1, 0.15) is 0 Å². The molecule has 0 saturated heterocycles. The summed E-state index contributed by atoms with van der Waals surface area (Å²) in [5.41, 5.74) is 2.61. The van der Waals surface area contributed by atoms with Crippen LogP contribution in [0.25, 0.3) is 17.1 Å². The van der Waals surface area contributed by atoms with Crippen molar-refractivity contribution in [2.75, 3.05) is 0 Å². The molecule has 0 radical (unpaired) electrons. The molecule has 0 saturated carbocycles. The van der Waals surface area contributed by atoms with E-state index in [0.29, 0.717) is 10.7 Å². The number of thioether (sulfide) groups is 1. The molecule has 26 heavy (non-hydrogen) atoms. The number of nitrogens with zero attached hydrogens (tertiary/aromatic N) is 4. The number of benzene rings is 1. The van der Waals surface area contributed by atoms with Gasteiger partial charge < -0.3 is 0 Å². The smallest absolute Gasteiger partial charge is 0.267 e. The van der Waals surface area contributed by atoms with E-state index in [2.05, 4.69) is 27.2 Å². The van der Waals surface area contributed by atoms with Crippen LogP contribution in [0, 0.1) is 0 Å². The Kier molecular flexibility index (Phi) is 4.90. The quantitative estimate of drug-likeness (QED) is 0.491. The van der Waals surface area contributed by atoms with E-state index in [9.17, 15) is 4.79 Å². The van der Waals surface area contributed by atoms with E-state index in [-0.39, 0.29) is 5.56 Å². The fourth-order valence-electron chi connectivity index (χ4n) is 2.33. The van der Waals surface area contributed by atoms with Crippen LogP contribution in [0.5, 0.6) is 0 Å². The lowest BCUT2D eigenvalue weighted by Gasteiger charge is -1.96. The molecule has 0 aliphatic carbocycles. The summed E-state index contributed by atoms with van der Waals surface area (Å²) in [6.07, 6.45) is 7.18. The van der Waals surface area contributed by atoms with Gasteiger partial charge in [-0.1, -0.05) is 65.6 Å². The van der Waals surface area contributed by atoms with E-state index >= 15 is 0 Å². The zero-order valence-corrected chi connectivity index (χ0v) is 15.3. The topological polar surface area (TPSA) is 60.2 Å². The summed E-state index contributed by atoms with van der Waals surface area (Å²) in [5.74, 6) is 0.809. The third-order valence-corrected chi connectivity index (χ3v) is 5.70. The van der Waals surface area contributed by atoms with Crippen molar-refractivity contribution in [3.05, 3.63) is 88.1 Å². The van der Waals surface area contributed by atoms with Crippen molar-refractivity contribution in [1.82, 2.24) is 19.6 Å². The van der Waals surface area contributed by atoms with Gasteiger partial charge in [-0.3, -0.25) is 9.78 Å².